The van der Waals surface area contributed by atoms with Crippen molar-refractivity contribution in [2.75, 3.05) is 26.9 Å². The first kappa shape index (κ1) is 21.3. The van der Waals surface area contributed by atoms with Gasteiger partial charge in [-0.3, -0.25) is 0 Å². The highest BCUT2D eigenvalue weighted by molar-refractivity contribution is 7.88. The highest BCUT2D eigenvalue weighted by atomic mass is 32.2. The van der Waals surface area contributed by atoms with Crippen LogP contribution in [-0.2, 0) is 16.4 Å². The summed E-state index contributed by atoms with van der Waals surface area (Å²) in [7, 11) is 0.0794. The van der Waals surface area contributed by atoms with Crippen molar-refractivity contribution in [3.63, 3.8) is 0 Å². The van der Waals surface area contributed by atoms with E-state index in [0.29, 0.717) is 19.4 Å². The van der Waals surface area contributed by atoms with Gasteiger partial charge >= 0.3 is 6.03 Å². The Morgan fingerprint density at radius 2 is 1.79 bits per heavy atom. The average Bonchev–Trinajstić information content (AvgIpc) is 2.68. The van der Waals surface area contributed by atoms with Crippen LogP contribution in [0.2, 0.25) is 0 Å². The molecule has 0 radical (unpaired) electrons. The molecule has 0 spiro atoms. The largest absolute Gasteiger partial charge is 0.331 e. The first-order valence-corrected chi connectivity index (χ1v) is 11.7. The Balaban J connectivity index is 1.91. The first-order chi connectivity index (χ1) is 13.7. The van der Waals surface area contributed by atoms with E-state index < -0.39 is 10.0 Å². The summed E-state index contributed by atoms with van der Waals surface area (Å²) in [5.41, 5.74) is 3.32. The standard InChI is InChI=1S/C22H29N3O3S/c1-24(2)22(26)25-14-8-13-20(23-29(3,27)28)21(25)16-17-9-7-12-19(15-17)18-10-5-4-6-11-18/h4-7,9-12,15,20-21,23H,8,13-14,16H2,1-3H3/t20-,21-/m1/s1. The fraction of sp³-hybridized carbons (Fsp3) is 0.409. The summed E-state index contributed by atoms with van der Waals surface area (Å²) in [5.74, 6) is 0. The van der Waals surface area contributed by atoms with Crippen molar-refractivity contribution in [3.05, 3.63) is 60.2 Å². The van der Waals surface area contributed by atoms with Crippen molar-refractivity contribution >= 4 is 16.1 Å². The number of likely N-dealkylation sites (tertiary alicyclic amines) is 1. The topological polar surface area (TPSA) is 69.7 Å². The zero-order valence-corrected chi connectivity index (χ0v) is 18.0. The summed E-state index contributed by atoms with van der Waals surface area (Å²) < 4.78 is 26.6. The lowest BCUT2D eigenvalue weighted by Crippen LogP contribution is -2.59. The Morgan fingerprint density at radius 3 is 2.45 bits per heavy atom. The predicted molar refractivity (Wildman–Crippen MR) is 116 cm³/mol. The van der Waals surface area contributed by atoms with Crippen LogP contribution in [0.4, 0.5) is 4.79 Å². The molecule has 1 fully saturated rings. The fourth-order valence-corrected chi connectivity index (χ4v) is 4.79. The molecule has 7 heteroatoms. The van der Waals surface area contributed by atoms with Gasteiger partial charge in [0.2, 0.25) is 10.0 Å². The third-order valence-electron chi connectivity index (χ3n) is 5.25. The minimum atomic E-state index is -3.37. The fourth-order valence-electron chi connectivity index (χ4n) is 3.97. The number of rotatable bonds is 5. The van der Waals surface area contributed by atoms with E-state index in [1.54, 1.807) is 19.0 Å². The lowest BCUT2D eigenvalue weighted by Gasteiger charge is -2.42. The number of nitrogens with zero attached hydrogens (tertiary/aromatic N) is 2. The summed E-state index contributed by atoms with van der Waals surface area (Å²) in [6.45, 7) is 0.627. The smallest absolute Gasteiger partial charge is 0.319 e. The summed E-state index contributed by atoms with van der Waals surface area (Å²) in [6.07, 6.45) is 3.25. The zero-order chi connectivity index (χ0) is 21.0. The number of piperidine rings is 1. The van der Waals surface area contributed by atoms with Crippen LogP contribution in [0.15, 0.2) is 54.6 Å². The Kier molecular flexibility index (Phi) is 6.59. The quantitative estimate of drug-likeness (QED) is 0.816. The number of carbonyl (C=O) groups excluding carboxylic acids is 1. The molecule has 1 N–H and O–H groups in total. The molecule has 0 saturated carbocycles. The molecule has 2 atom stereocenters. The third-order valence-corrected chi connectivity index (χ3v) is 5.98. The van der Waals surface area contributed by atoms with Crippen molar-refractivity contribution < 1.29 is 13.2 Å². The van der Waals surface area contributed by atoms with E-state index in [1.807, 2.05) is 35.2 Å². The highest BCUT2D eigenvalue weighted by Crippen LogP contribution is 2.26. The van der Waals surface area contributed by atoms with Gasteiger partial charge in [-0.2, -0.15) is 0 Å². The molecule has 0 bridgehead atoms. The molecule has 1 aliphatic rings. The molecular weight excluding hydrogens is 386 g/mol. The van der Waals surface area contributed by atoms with Crippen molar-refractivity contribution in [1.82, 2.24) is 14.5 Å². The van der Waals surface area contributed by atoms with Crippen molar-refractivity contribution in [2.45, 2.75) is 31.3 Å². The van der Waals surface area contributed by atoms with Crippen molar-refractivity contribution in [3.8, 4) is 11.1 Å². The molecule has 2 amide bonds. The van der Waals surface area contributed by atoms with Crippen LogP contribution >= 0.6 is 0 Å². The molecule has 0 unspecified atom stereocenters. The number of carbonyl (C=O) groups is 1. The van der Waals surface area contributed by atoms with Gasteiger partial charge in [0.1, 0.15) is 0 Å². The van der Waals surface area contributed by atoms with Crippen molar-refractivity contribution in [1.29, 1.82) is 0 Å². The van der Waals surface area contributed by atoms with Gasteiger partial charge in [0.25, 0.3) is 0 Å². The number of nitrogens with one attached hydrogen (secondary N) is 1. The maximum atomic E-state index is 12.8. The van der Waals surface area contributed by atoms with Crippen LogP contribution < -0.4 is 4.72 Å². The van der Waals surface area contributed by atoms with Gasteiger partial charge in [-0.1, -0.05) is 54.6 Å². The van der Waals surface area contributed by atoms with E-state index in [1.165, 1.54) is 6.26 Å². The van der Waals surface area contributed by atoms with Gasteiger partial charge in [0, 0.05) is 26.7 Å². The maximum absolute atomic E-state index is 12.8. The SMILES string of the molecule is CN(C)C(=O)N1CCC[C@@H](NS(C)(=O)=O)[C@H]1Cc1cccc(-c2ccccc2)c1. The van der Waals surface area contributed by atoms with Gasteiger partial charge in [-0.15, -0.1) is 0 Å². The summed E-state index contributed by atoms with van der Waals surface area (Å²) in [6, 6.07) is 17.7. The van der Waals surface area contributed by atoms with E-state index in [2.05, 4.69) is 29.0 Å². The molecule has 2 aromatic carbocycles. The molecule has 1 heterocycles. The van der Waals surface area contributed by atoms with Gasteiger partial charge in [0.05, 0.1) is 12.3 Å². The second-order valence-corrected chi connectivity index (χ2v) is 9.63. The van der Waals surface area contributed by atoms with Gasteiger partial charge in [-0.05, 0) is 36.0 Å². The van der Waals surface area contributed by atoms with E-state index in [4.69, 9.17) is 0 Å². The van der Waals surface area contributed by atoms with Crippen LogP contribution in [-0.4, -0.2) is 63.2 Å². The molecule has 0 aliphatic carbocycles. The molecule has 1 aliphatic heterocycles. The molecule has 29 heavy (non-hydrogen) atoms. The van der Waals surface area contributed by atoms with E-state index in [-0.39, 0.29) is 18.1 Å². The van der Waals surface area contributed by atoms with Crippen LogP contribution in [0.5, 0.6) is 0 Å². The number of hydrogen-bond acceptors (Lipinski definition) is 3. The number of sulfonamides is 1. The molecule has 156 valence electrons. The van der Waals surface area contributed by atoms with E-state index in [0.717, 1.165) is 23.1 Å². The second kappa shape index (κ2) is 8.97. The lowest BCUT2D eigenvalue weighted by molar-refractivity contribution is 0.114. The van der Waals surface area contributed by atoms with Gasteiger partial charge in [0.15, 0.2) is 0 Å². The summed E-state index contributed by atoms with van der Waals surface area (Å²) in [5, 5.41) is 0. The number of amides is 2. The number of hydrogen-bond donors (Lipinski definition) is 1. The monoisotopic (exact) mass is 415 g/mol. The molecule has 3 rings (SSSR count). The highest BCUT2D eigenvalue weighted by Gasteiger charge is 2.36. The molecule has 2 aromatic rings. The van der Waals surface area contributed by atoms with Crippen LogP contribution in [0.1, 0.15) is 18.4 Å². The first-order valence-electron chi connectivity index (χ1n) is 9.84. The number of benzene rings is 2. The summed E-state index contributed by atoms with van der Waals surface area (Å²) >= 11 is 0. The molecule has 0 aromatic heterocycles. The summed E-state index contributed by atoms with van der Waals surface area (Å²) in [4.78, 5) is 16.1. The molecule has 1 saturated heterocycles. The zero-order valence-electron chi connectivity index (χ0n) is 17.2. The van der Waals surface area contributed by atoms with Gasteiger partial charge in [-0.25, -0.2) is 17.9 Å². The van der Waals surface area contributed by atoms with E-state index >= 15 is 0 Å². The Morgan fingerprint density at radius 1 is 1.10 bits per heavy atom. The number of urea groups is 1. The normalized spacial score (nSPS) is 19.8. The van der Waals surface area contributed by atoms with Crippen molar-refractivity contribution in [2.24, 2.45) is 0 Å². The third kappa shape index (κ3) is 5.58. The second-order valence-electron chi connectivity index (χ2n) is 7.85. The van der Waals surface area contributed by atoms with Crippen LogP contribution in [0.3, 0.4) is 0 Å². The average molecular weight is 416 g/mol. The molecule has 6 nitrogen and oxygen atoms in total. The Labute approximate surface area is 173 Å². The Hall–Kier alpha value is -2.38. The maximum Gasteiger partial charge on any atom is 0.319 e. The minimum Gasteiger partial charge on any atom is -0.331 e. The van der Waals surface area contributed by atoms with Crippen LogP contribution in [0.25, 0.3) is 11.1 Å². The minimum absolute atomic E-state index is 0.0887. The predicted octanol–water partition coefficient (Wildman–Crippen LogP) is 2.96. The Bertz CT molecular complexity index is 945. The van der Waals surface area contributed by atoms with Gasteiger partial charge < -0.3 is 9.80 Å². The van der Waals surface area contributed by atoms with Crippen LogP contribution in [0, 0.1) is 0 Å². The molecular formula is C22H29N3O3S. The van der Waals surface area contributed by atoms with E-state index in [9.17, 15) is 13.2 Å². The lowest BCUT2D eigenvalue weighted by atomic mass is 9.90.